The zero-order valence-corrected chi connectivity index (χ0v) is 12.6. The zero-order chi connectivity index (χ0) is 15.5. The van der Waals surface area contributed by atoms with Crippen molar-refractivity contribution in [3.8, 4) is 11.1 Å². The van der Waals surface area contributed by atoms with Gasteiger partial charge < -0.3 is 4.98 Å². The van der Waals surface area contributed by atoms with Gasteiger partial charge in [0.2, 0.25) is 0 Å². The van der Waals surface area contributed by atoms with Crippen LogP contribution >= 0.6 is 11.3 Å². The maximum Gasteiger partial charge on any atom is 0.258 e. The van der Waals surface area contributed by atoms with Crippen molar-refractivity contribution in [2.24, 2.45) is 0 Å². The number of H-pyrrole nitrogens is 1. The molecule has 0 fully saturated rings. The van der Waals surface area contributed by atoms with E-state index in [-0.39, 0.29) is 11.5 Å². The number of benzene rings is 1. The average molecular weight is 311 g/mol. The summed E-state index contributed by atoms with van der Waals surface area (Å²) >= 11 is 1.36. The Bertz CT molecular complexity index is 868. The Hall–Kier alpha value is -2.73. The molecular formula is C16H13N3O2S. The zero-order valence-electron chi connectivity index (χ0n) is 11.8. The highest BCUT2D eigenvalue weighted by Crippen LogP contribution is 2.18. The van der Waals surface area contributed by atoms with Crippen molar-refractivity contribution >= 4 is 22.4 Å². The lowest BCUT2D eigenvalue weighted by atomic mass is 10.1. The Morgan fingerprint density at radius 2 is 2.05 bits per heavy atom. The molecule has 0 bridgehead atoms. The van der Waals surface area contributed by atoms with E-state index in [1.54, 1.807) is 6.07 Å². The molecule has 1 amide bonds. The third kappa shape index (κ3) is 2.96. The molecule has 5 nitrogen and oxygen atoms in total. The SMILES string of the molecule is Cc1csc(NC(=O)c2c[nH]c(=O)c(-c3ccccc3)c2)n1. The largest absolute Gasteiger partial charge is 0.328 e. The van der Waals surface area contributed by atoms with Gasteiger partial charge in [-0.05, 0) is 18.6 Å². The number of anilines is 1. The molecule has 0 radical (unpaired) electrons. The number of carbonyl (C=O) groups is 1. The molecule has 22 heavy (non-hydrogen) atoms. The molecular weight excluding hydrogens is 298 g/mol. The molecule has 0 spiro atoms. The van der Waals surface area contributed by atoms with E-state index in [1.165, 1.54) is 17.5 Å². The molecule has 110 valence electrons. The van der Waals surface area contributed by atoms with Gasteiger partial charge in [-0.3, -0.25) is 14.9 Å². The van der Waals surface area contributed by atoms with Crippen LogP contribution in [0.1, 0.15) is 16.1 Å². The molecule has 1 aromatic carbocycles. The summed E-state index contributed by atoms with van der Waals surface area (Å²) in [5.41, 5.74) is 2.23. The van der Waals surface area contributed by atoms with Gasteiger partial charge in [0.05, 0.1) is 11.3 Å². The number of rotatable bonds is 3. The van der Waals surface area contributed by atoms with E-state index in [4.69, 9.17) is 0 Å². The normalized spacial score (nSPS) is 10.4. The minimum absolute atomic E-state index is 0.229. The van der Waals surface area contributed by atoms with Crippen molar-refractivity contribution in [3.05, 3.63) is 69.6 Å². The minimum Gasteiger partial charge on any atom is -0.328 e. The Labute approximate surface area is 130 Å². The molecule has 6 heteroatoms. The number of aryl methyl sites for hydroxylation is 1. The van der Waals surface area contributed by atoms with Crippen LogP contribution in [0.15, 0.2) is 52.8 Å². The first-order chi connectivity index (χ1) is 10.6. The maximum absolute atomic E-state index is 12.3. The highest BCUT2D eigenvalue weighted by Gasteiger charge is 2.12. The quantitative estimate of drug-likeness (QED) is 0.780. The van der Waals surface area contributed by atoms with Crippen molar-refractivity contribution < 1.29 is 4.79 Å². The van der Waals surface area contributed by atoms with Gasteiger partial charge in [0, 0.05) is 17.1 Å². The fourth-order valence-electron chi connectivity index (χ4n) is 2.03. The summed E-state index contributed by atoms with van der Waals surface area (Å²) in [6.07, 6.45) is 1.41. The first-order valence-corrected chi connectivity index (χ1v) is 7.53. The Balaban J connectivity index is 1.92. The van der Waals surface area contributed by atoms with E-state index < -0.39 is 0 Å². The molecule has 0 aliphatic rings. The molecule has 0 aliphatic heterocycles. The number of amides is 1. The number of carbonyl (C=O) groups excluding carboxylic acids is 1. The molecule has 2 N–H and O–H groups in total. The number of pyridine rings is 1. The van der Waals surface area contributed by atoms with Crippen molar-refractivity contribution in [1.82, 2.24) is 9.97 Å². The number of hydrogen-bond acceptors (Lipinski definition) is 4. The topological polar surface area (TPSA) is 74.8 Å². The van der Waals surface area contributed by atoms with E-state index in [9.17, 15) is 9.59 Å². The number of thiazole rings is 1. The van der Waals surface area contributed by atoms with Gasteiger partial charge in [0.15, 0.2) is 5.13 Å². The van der Waals surface area contributed by atoms with Gasteiger partial charge in [-0.1, -0.05) is 30.3 Å². The van der Waals surface area contributed by atoms with Gasteiger partial charge in [-0.15, -0.1) is 11.3 Å². The molecule has 0 saturated heterocycles. The predicted molar refractivity (Wildman–Crippen MR) is 87.3 cm³/mol. The summed E-state index contributed by atoms with van der Waals surface area (Å²) < 4.78 is 0. The van der Waals surface area contributed by atoms with Crippen LogP contribution in [0.5, 0.6) is 0 Å². The Morgan fingerprint density at radius 3 is 2.73 bits per heavy atom. The van der Waals surface area contributed by atoms with E-state index in [2.05, 4.69) is 15.3 Å². The third-order valence-electron chi connectivity index (χ3n) is 3.09. The lowest BCUT2D eigenvalue weighted by molar-refractivity contribution is 0.102. The second kappa shape index (κ2) is 5.95. The van der Waals surface area contributed by atoms with Gasteiger partial charge >= 0.3 is 0 Å². The lowest BCUT2D eigenvalue weighted by Crippen LogP contribution is -2.16. The van der Waals surface area contributed by atoms with Crippen LogP contribution in [0.25, 0.3) is 11.1 Å². The molecule has 0 saturated carbocycles. The summed E-state index contributed by atoms with van der Waals surface area (Å²) in [5, 5.41) is 5.12. The lowest BCUT2D eigenvalue weighted by Gasteiger charge is -2.05. The van der Waals surface area contributed by atoms with Gasteiger partial charge in [0.25, 0.3) is 11.5 Å². The van der Waals surface area contributed by atoms with Gasteiger partial charge in [0.1, 0.15) is 0 Å². The van der Waals surface area contributed by atoms with Gasteiger partial charge in [-0.2, -0.15) is 0 Å². The standard InChI is InChI=1S/C16H13N3O2S/c1-10-9-22-16(18-10)19-14(20)12-7-13(15(21)17-8-12)11-5-3-2-4-6-11/h2-9H,1H3,(H,17,21)(H,18,19,20). The fourth-order valence-corrected chi connectivity index (χ4v) is 2.71. The Morgan fingerprint density at radius 1 is 1.27 bits per heavy atom. The molecule has 2 aromatic heterocycles. The van der Waals surface area contributed by atoms with E-state index in [1.807, 2.05) is 42.6 Å². The highest BCUT2D eigenvalue weighted by atomic mass is 32.1. The number of aromatic amines is 1. The number of nitrogens with one attached hydrogen (secondary N) is 2. The van der Waals surface area contributed by atoms with Crippen LogP contribution in [0, 0.1) is 6.92 Å². The molecule has 0 atom stereocenters. The average Bonchev–Trinajstić information content (AvgIpc) is 2.93. The fraction of sp³-hybridized carbons (Fsp3) is 0.0625. The molecule has 0 unspecified atom stereocenters. The molecule has 0 aliphatic carbocycles. The summed E-state index contributed by atoms with van der Waals surface area (Å²) in [6, 6.07) is 10.8. The first kappa shape index (κ1) is 14.2. The summed E-state index contributed by atoms with van der Waals surface area (Å²) in [6.45, 7) is 1.86. The van der Waals surface area contributed by atoms with E-state index in [0.717, 1.165) is 11.3 Å². The van der Waals surface area contributed by atoms with Crippen LogP contribution in [-0.4, -0.2) is 15.9 Å². The van der Waals surface area contributed by atoms with Crippen LogP contribution < -0.4 is 10.9 Å². The minimum atomic E-state index is -0.303. The maximum atomic E-state index is 12.3. The van der Waals surface area contributed by atoms with Gasteiger partial charge in [-0.25, -0.2) is 4.98 Å². The van der Waals surface area contributed by atoms with Crippen LogP contribution in [0.2, 0.25) is 0 Å². The molecule has 3 aromatic rings. The molecule has 3 rings (SSSR count). The van der Waals surface area contributed by atoms with Crippen LogP contribution in [-0.2, 0) is 0 Å². The summed E-state index contributed by atoms with van der Waals surface area (Å²) in [4.78, 5) is 31.0. The monoisotopic (exact) mass is 311 g/mol. The van der Waals surface area contributed by atoms with E-state index >= 15 is 0 Å². The smallest absolute Gasteiger partial charge is 0.258 e. The summed E-state index contributed by atoms with van der Waals surface area (Å²) in [7, 11) is 0. The number of hydrogen-bond donors (Lipinski definition) is 2. The van der Waals surface area contributed by atoms with Crippen molar-refractivity contribution in [3.63, 3.8) is 0 Å². The number of nitrogens with zero attached hydrogens (tertiary/aromatic N) is 1. The Kier molecular flexibility index (Phi) is 3.84. The summed E-state index contributed by atoms with van der Waals surface area (Å²) in [5.74, 6) is -0.303. The van der Waals surface area contributed by atoms with Crippen LogP contribution in [0.4, 0.5) is 5.13 Å². The van der Waals surface area contributed by atoms with E-state index in [0.29, 0.717) is 16.3 Å². The van der Waals surface area contributed by atoms with Crippen molar-refractivity contribution in [1.29, 1.82) is 0 Å². The number of aromatic nitrogens is 2. The first-order valence-electron chi connectivity index (χ1n) is 6.65. The third-order valence-corrected chi connectivity index (χ3v) is 3.97. The second-order valence-corrected chi connectivity index (χ2v) is 5.60. The second-order valence-electron chi connectivity index (χ2n) is 4.75. The molecule has 2 heterocycles. The van der Waals surface area contributed by atoms with Crippen molar-refractivity contribution in [2.75, 3.05) is 5.32 Å². The van der Waals surface area contributed by atoms with Crippen molar-refractivity contribution in [2.45, 2.75) is 6.92 Å². The predicted octanol–water partition coefficient (Wildman–Crippen LogP) is 3.06. The highest BCUT2D eigenvalue weighted by molar-refractivity contribution is 7.13. The van der Waals surface area contributed by atoms with Crippen LogP contribution in [0.3, 0.4) is 0 Å².